The Bertz CT molecular complexity index is 542. The fraction of sp³-hybridized carbons (Fsp3) is 0.214. The molecule has 0 bridgehead atoms. The second-order valence-corrected chi connectivity index (χ2v) is 5.71. The first-order valence-electron chi connectivity index (χ1n) is 5.57. The van der Waals surface area contributed by atoms with Crippen molar-refractivity contribution < 1.29 is 4.39 Å². The van der Waals surface area contributed by atoms with E-state index in [2.05, 4.69) is 20.9 Å². The number of rotatable bonds is 3. The number of aryl methyl sites for hydroxylation is 1. The van der Waals surface area contributed by atoms with Crippen molar-refractivity contribution in [1.29, 1.82) is 0 Å². The van der Waals surface area contributed by atoms with Gasteiger partial charge in [-0.3, -0.25) is 4.98 Å². The summed E-state index contributed by atoms with van der Waals surface area (Å²) < 4.78 is 13.7. The minimum Gasteiger partial charge on any atom is -0.261 e. The van der Waals surface area contributed by atoms with Crippen LogP contribution in [0.25, 0.3) is 0 Å². The van der Waals surface area contributed by atoms with Crippen molar-refractivity contribution in [3.05, 3.63) is 64.2 Å². The average molecular weight is 329 g/mol. The van der Waals surface area contributed by atoms with E-state index in [4.69, 9.17) is 11.6 Å². The molecule has 0 aliphatic carbocycles. The van der Waals surface area contributed by atoms with Crippen molar-refractivity contribution in [2.45, 2.75) is 18.2 Å². The van der Waals surface area contributed by atoms with Crippen LogP contribution >= 0.6 is 27.5 Å². The van der Waals surface area contributed by atoms with Crippen LogP contribution in [-0.2, 0) is 6.42 Å². The van der Waals surface area contributed by atoms with Crippen LogP contribution in [0.15, 0.2) is 36.5 Å². The summed E-state index contributed by atoms with van der Waals surface area (Å²) in [7, 11) is 0. The van der Waals surface area contributed by atoms with Crippen LogP contribution in [0.1, 0.15) is 21.6 Å². The van der Waals surface area contributed by atoms with Crippen LogP contribution in [0.5, 0.6) is 0 Å². The van der Waals surface area contributed by atoms with Gasteiger partial charge in [0.15, 0.2) is 0 Å². The standard InChI is InChI=1S/C14H12BrClFN/c1-9-2-4-11(18-8-9)7-13(15)12-6-10(16)3-5-14(12)17/h2-6,8,13H,7H2,1H3. The van der Waals surface area contributed by atoms with E-state index in [9.17, 15) is 4.39 Å². The van der Waals surface area contributed by atoms with E-state index >= 15 is 0 Å². The van der Waals surface area contributed by atoms with Crippen molar-refractivity contribution in [1.82, 2.24) is 4.98 Å². The van der Waals surface area contributed by atoms with Gasteiger partial charge in [-0.1, -0.05) is 33.6 Å². The molecule has 1 aromatic heterocycles. The first kappa shape index (κ1) is 13.5. The predicted octanol–water partition coefficient (Wildman–Crippen LogP) is 4.86. The van der Waals surface area contributed by atoms with E-state index in [0.29, 0.717) is 17.0 Å². The smallest absolute Gasteiger partial charge is 0.127 e. The summed E-state index contributed by atoms with van der Waals surface area (Å²) in [6.07, 6.45) is 2.43. The fourth-order valence-electron chi connectivity index (χ4n) is 1.67. The lowest BCUT2D eigenvalue weighted by molar-refractivity contribution is 0.607. The summed E-state index contributed by atoms with van der Waals surface area (Å²) in [5, 5.41) is 0.535. The number of nitrogens with zero attached hydrogens (tertiary/aromatic N) is 1. The monoisotopic (exact) mass is 327 g/mol. The molecule has 94 valence electrons. The summed E-state index contributed by atoms with van der Waals surface area (Å²) in [5.41, 5.74) is 2.59. The van der Waals surface area contributed by atoms with Crippen LogP contribution in [0.2, 0.25) is 5.02 Å². The first-order chi connectivity index (χ1) is 8.56. The van der Waals surface area contributed by atoms with Crippen molar-refractivity contribution in [2.24, 2.45) is 0 Å². The van der Waals surface area contributed by atoms with Gasteiger partial charge in [0.25, 0.3) is 0 Å². The average Bonchev–Trinajstić information content (AvgIpc) is 2.35. The highest BCUT2D eigenvalue weighted by Gasteiger charge is 2.14. The molecule has 1 aromatic carbocycles. The zero-order valence-electron chi connectivity index (χ0n) is 9.83. The number of aromatic nitrogens is 1. The van der Waals surface area contributed by atoms with Crippen LogP contribution in [-0.4, -0.2) is 4.98 Å². The summed E-state index contributed by atoms with van der Waals surface area (Å²) >= 11 is 9.37. The van der Waals surface area contributed by atoms with E-state index in [1.165, 1.54) is 6.07 Å². The third-order valence-electron chi connectivity index (χ3n) is 2.66. The molecule has 0 aliphatic rings. The van der Waals surface area contributed by atoms with Gasteiger partial charge in [-0.05, 0) is 36.8 Å². The predicted molar refractivity (Wildman–Crippen MR) is 75.8 cm³/mol. The quantitative estimate of drug-likeness (QED) is 0.733. The maximum absolute atomic E-state index is 13.7. The van der Waals surface area contributed by atoms with E-state index < -0.39 is 0 Å². The highest BCUT2D eigenvalue weighted by atomic mass is 79.9. The van der Waals surface area contributed by atoms with Gasteiger partial charge in [0.2, 0.25) is 0 Å². The molecule has 0 aliphatic heterocycles. The molecule has 0 saturated heterocycles. The molecule has 0 fully saturated rings. The van der Waals surface area contributed by atoms with Gasteiger partial charge in [-0.25, -0.2) is 4.39 Å². The van der Waals surface area contributed by atoms with Crippen LogP contribution in [0.4, 0.5) is 4.39 Å². The number of halogens is 3. The Morgan fingerprint density at radius 2 is 2.11 bits per heavy atom. The third-order valence-corrected chi connectivity index (χ3v) is 3.71. The van der Waals surface area contributed by atoms with Crippen molar-refractivity contribution >= 4 is 27.5 Å². The Morgan fingerprint density at radius 1 is 1.33 bits per heavy atom. The summed E-state index contributed by atoms with van der Waals surface area (Å²) in [4.78, 5) is 4.18. The summed E-state index contributed by atoms with van der Waals surface area (Å²) in [6.45, 7) is 1.99. The lowest BCUT2D eigenvalue weighted by atomic mass is 10.1. The molecule has 1 atom stereocenters. The lowest BCUT2D eigenvalue weighted by Gasteiger charge is -2.11. The Hall–Kier alpha value is -0.930. The second-order valence-electron chi connectivity index (χ2n) is 4.16. The first-order valence-corrected chi connectivity index (χ1v) is 6.86. The number of alkyl halides is 1. The molecule has 1 unspecified atom stereocenters. The van der Waals surface area contributed by atoms with Gasteiger partial charge in [-0.2, -0.15) is 0 Å². The molecular weight excluding hydrogens is 317 g/mol. The number of benzene rings is 1. The largest absolute Gasteiger partial charge is 0.261 e. The van der Waals surface area contributed by atoms with Gasteiger partial charge < -0.3 is 0 Å². The van der Waals surface area contributed by atoms with E-state index in [1.54, 1.807) is 12.1 Å². The zero-order valence-corrected chi connectivity index (χ0v) is 12.2. The maximum Gasteiger partial charge on any atom is 0.127 e. The van der Waals surface area contributed by atoms with Crippen molar-refractivity contribution in [3.8, 4) is 0 Å². The Kier molecular flexibility index (Phi) is 4.36. The number of hydrogen-bond acceptors (Lipinski definition) is 1. The molecule has 0 N–H and O–H groups in total. The summed E-state index contributed by atoms with van der Waals surface area (Å²) in [5.74, 6) is -0.256. The van der Waals surface area contributed by atoms with Crippen LogP contribution < -0.4 is 0 Å². The number of pyridine rings is 1. The minimum atomic E-state index is -0.256. The molecule has 1 nitrogen and oxygen atoms in total. The second kappa shape index (κ2) is 5.81. The van der Waals surface area contributed by atoms with Crippen LogP contribution in [0, 0.1) is 12.7 Å². The molecule has 0 spiro atoms. The topological polar surface area (TPSA) is 12.9 Å². The van der Waals surface area contributed by atoms with Gasteiger partial charge in [0.1, 0.15) is 5.82 Å². The zero-order chi connectivity index (χ0) is 13.1. The van der Waals surface area contributed by atoms with Crippen molar-refractivity contribution in [3.63, 3.8) is 0 Å². The SMILES string of the molecule is Cc1ccc(CC(Br)c2cc(Cl)ccc2F)nc1. The normalized spacial score (nSPS) is 12.4. The lowest BCUT2D eigenvalue weighted by Crippen LogP contribution is -2.00. The Labute approximate surface area is 119 Å². The van der Waals surface area contributed by atoms with E-state index in [0.717, 1.165) is 11.3 Å². The fourth-order valence-corrected chi connectivity index (χ4v) is 2.53. The Balaban J connectivity index is 2.18. The molecule has 1 heterocycles. The van der Waals surface area contributed by atoms with Gasteiger partial charge in [0.05, 0.1) is 0 Å². The van der Waals surface area contributed by atoms with E-state index in [1.807, 2.05) is 25.3 Å². The molecule has 18 heavy (non-hydrogen) atoms. The van der Waals surface area contributed by atoms with Gasteiger partial charge in [-0.15, -0.1) is 0 Å². The molecule has 0 amide bonds. The molecule has 0 radical (unpaired) electrons. The van der Waals surface area contributed by atoms with Gasteiger partial charge in [0, 0.05) is 33.7 Å². The third kappa shape index (κ3) is 3.30. The number of hydrogen-bond donors (Lipinski definition) is 0. The molecular formula is C14H12BrClFN. The summed E-state index contributed by atoms with van der Waals surface area (Å²) in [6, 6.07) is 8.52. The van der Waals surface area contributed by atoms with Gasteiger partial charge >= 0.3 is 0 Å². The maximum atomic E-state index is 13.7. The molecule has 2 aromatic rings. The van der Waals surface area contributed by atoms with E-state index in [-0.39, 0.29) is 10.6 Å². The molecule has 4 heteroatoms. The highest BCUT2D eigenvalue weighted by molar-refractivity contribution is 9.09. The van der Waals surface area contributed by atoms with Crippen molar-refractivity contribution in [2.75, 3.05) is 0 Å². The minimum absolute atomic E-state index is 0.133. The molecule has 0 saturated carbocycles. The highest BCUT2D eigenvalue weighted by Crippen LogP contribution is 2.30. The molecule has 2 rings (SSSR count). The van der Waals surface area contributed by atoms with Crippen LogP contribution in [0.3, 0.4) is 0 Å². The Morgan fingerprint density at radius 3 is 2.78 bits per heavy atom.